The first-order valence-corrected chi connectivity index (χ1v) is 6.71. The summed E-state index contributed by atoms with van der Waals surface area (Å²) in [6.45, 7) is 0.338. The summed E-state index contributed by atoms with van der Waals surface area (Å²) in [4.78, 5) is 0. The van der Waals surface area contributed by atoms with Gasteiger partial charge < -0.3 is 5.11 Å². The van der Waals surface area contributed by atoms with E-state index in [9.17, 15) is 0 Å². The minimum Gasteiger partial charge on any atom is -0.396 e. The molecule has 0 unspecified atom stereocenters. The molecule has 0 spiro atoms. The van der Waals surface area contributed by atoms with Crippen LogP contribution in [-0.4, -0.2) is 21.5 Å². The van der Waals surface area contributed by atoms with Crippen molar-refractivity contribution in [3.05, 3.63) is 15.5 Å². The van der Waals surface area contributed by atoms with Crippen molar-refractivity contribution in [2.75, 3.05) is 6.61 Å². The fraction of sp³-hybridized carbons (Fsp3) is 0.727. The van der Waals surface area contributed by atoms with E-state index in [1.54, 1.807) is 0 Å². The molecule has 3 nitrogen and oxygen atoms in total. The molecule has 2 aliphatic rings. The summed E-state index contributed by atoms with van der Waals surface area (Å²) in [6, 6.07) is 0.545. The zero-order valence-electron chi connectivity index (χ0n) is 8.56. The Kier molecular flexibility index (Phi) is 2.51. The summed E-state index contributed by atoms with van der Waals surface area (Å²) >= 11 is 2.39. The molecule has 1 aromatic heterocycles. The van der Waals surface area contributed by atoms with Crippen molar-refractivity contribution in [3.8, 4) is 0 Å². The summed E-state index contributed by atoms with van der Waals surface area (Å²) < 4.78 is 3.45. The molecular formula is C11H15IN2O. The lowest BCUT2D eigenvalue weighted by atomic mass is 9.81. The molecule has 0 amide bonds. The van der Waals surface area contributed by atoms with E-state index < -0.39 is 0 Å². The van der Waals surface area contributed by atoms with Crippen molar-refractivity contribution >= 4 is 22.6 Å². The van der Waals surface area contributed by atoms with Crippen molar-refractivity contribution in [1.29, 1.82) is 0 Å². The minimum atomic E-state index is 0.338. The Morgan fingerprint density at radius 2 is 2.20 bits per heavy atom. The molecule has 2 fully saturated rings. The Hall–Kier alpha value is -0.100. The van der Waals surface area contributed by atoms with Gasteiger partial charge in [-0.25, -0.2) is 0 Å². The van der Waals surface area contributed by atoms with Gasteiger partial charge in [0, 0.05) is 18.7 Å². The van der Waals surface area contributed by atoms with Crippen LogP contribution in [0.15, 0.2) is 6.20 Å². The third kappa shape index (κ3) is 1.82. The van der Waals surface area contributed by atoms with Gasteiger partial charge in [-0.3, -0.25) is 4.68 Å². The second kappa shape index (κ2) is 3.73. The number of aliphatic hydroxyl groups is 1. The highest BCUT2D eigenvalue weighted by molar-refractivity contribution is 14.1. The standard InChI is InChI=1S/C11H15IN2O/c12-10-5-14(9-3-7(4-9)6-15)13-11(10)8-1-2-8/h5,7-9,15H,1-4,6H2. The number of rotatable bonds is 3. The molecule has 4 heteroatoms. The molecule has 0 radical (unpaired) electrons. The fourth-order valence-electron chi connectivity index (χ4n) is 2.27. The SMILES string of the molecule is OCC1CC(n2cc(I)c(C3CC3)n2)C1. The van der Waals surface area contributed by atoms with Crippen LogP contribution in [0, 0.1) is 9.49 Å². The molecule has 1 aromatic rings. The summed E-state index contributed by atoms with van der Waals surface area (Å²) in [5.41, 5.74) is 1.31. The minimum absolute atomic E-state index is 0.338. The van der Waals surface area contributed by atoms with E-state index in [0.717, 1.165) is 18.8 Å². The van der Waals surface area contributed by atoms with Crippen molar-refractivity contribution in [1.82, 2.24) is 9.78 Å². The predicted octanol–water partition coefficient (Wildman–Crippen LogP) is 2.31. The summed E-state index contributed by atoms with van der Waals surface area (Å²) in [6.07, 6.45) is 7.00. The average Bonchev–Trinajstić information content (AvgIpc) is 2.90. The number of nitrogens with zero attached hydrogens (tertiary/aromatic N) is 2. The zero-order valence-corrected chi connectivity index (χ0v) is 10.7. The van der Waals surface area contributed by atoms with Gasteiger partial charge in [0.2, 0.25) is 0 Å². The molecular weight excluding hydrogens is 303 g/mol. The third-order valence-electron chi connectivity index (χ3n) is 3.52. The Morgan fingerprint density at radius 3 is 2.80 bits per heavy atom. The first-order chi connectivity index (χ1) is 7.28. The first-order valence-electron chi connectivity index (χ1n) is 5.63. The lowest BCUT2D eigenvalue weighted by Gasteiger charge is -2.34. The van der Waals surface area contributed by atoms with Gasteiger partial charge >= 0.3 is 0 Å². The van der Waals surface area contributed by atoms with E-state index in [2.05, 4.69) is 33.5 Å². The van der Waals surface area contributed by atoms with E-state index in [4.69, 9.17) is 10.2 Å². The molecule has 0 aliphatic heterocycles. The summed E-state index contributed by atoms with van der Waals surface area (Å²) in [5, 5.41) is 13.7. The predicted molar refractivity (Wildman–Crippen MR) is 65.8 cm³/mol. The maximum absolute atomic E-state index is 8.98. The smallest absolute Gasteiger partial charge is 0.0788 e. The number of hydrogen-bond donors (Lipinski definition) is 1. The Labute approximate surface area is 103 Å². The van der Waals surface area contributed by atoms with Crippen molar-refractivity contribution in [2.24, 2.45) is 5.92 Å². The molecule has 2 saturated carbocycles. The Morgan fingerprint density at radius 1 is 1.47 bits per heavy atom. The van der Waals surface area contributed by atoms with Crippen LogP contribution in [0.5, 0.6) is 0 Å². The maximum Gasteiger partial charge on any atom is 0.0788 e. The van der Waals surface area contributed by atoms with Crippen molar-refractivity contribution < 1.29 is 5.11 Å². The Bertz CT molecular complexity index is 367. The van der Waals surface area contributed by atoms with Crippen molar-refractivity contribution in [2.45, 2.75) is 37.6 Å². The highest BCUT2D eigenvalue weighted by atomic mass is 127. The molecule has 82 valence electrons. The van der Waals surface area contributed by atoms with Crippen LogP contribution in [0.25, 0.3) is 0 Å². The highest BCUT2D eigenvalue weighted by Crippen LogP contribution is 2.43. The zero-order chi connectivity index (χ0) is 10.4. The van der Waals surface area contributed by atoms with Crippen LogP contribution in [-0.2, 0) is 0 Å². The van der Waals surface area contributed by atoms with Gasteiger partial charge in [0.1, 0.15) is 0 Å². The quantitative estimate of drug-likeness (QED) is 0.869. The molecule has 1 heterocycles. The van der Waals surface area contributed by atoms with Gasteiger partial charge in [-0.05, 0) is 54.2 Å². The monoisotopic (exact) mass is 318 g/mol. The second-order valence-corrected chi connectivity index (χ2v) is 5.95. The van der Waals surface area contributed by atoms with E-state index in [1.165, 1.54) is 22.1 Å². The van der Waals surface area contributed by atoms with E-state index in [0.29, 0.717) is 18.6 Å². The van der Waals surface area contributed by atoms with Crippen LogP contribution in [0.3, 0.4) is 0 Å². The van der Waals surface area contributed by atoms with Crippen LogP contribution in [0.2, 0.25) is 0 Å². The summed E-state index contributed by atoms with van der Waals surface area (Å²) in [5.74, 6) is 1.26. The van der Waals surface area contributed by atoms with Crippen LogP contribution in [0.4, 0.5) is 0 Å². The van der Waals surface area contributed by atoms with Gasteiger partial charge in [-0.2, -0.15) is 5.10 Å². The van der Waals surface area contributed by atoms with Gasteiger partial charge in [-0.1, -0.05) is 0 Å². The number of hydrogen-bond acceptors (Lipinski definition) is 2. The molecule has 15 heavy (non-hydrogen) atoms. The fourth-order valence-corrected chi connectivity index (χ4v) is 3.10. The van der Waals surface area contributed by atoms with Crippen molar-refractivity contribution in [3.63, 3.8) is 0 Å². The normalized spacial score (nSPS) is 30.3. The average molecular weight is 318 g/mol. The molecule has 1 N–H and O–H groups in total. The molecule has 0 bridgehead atoms. The van der Waals surface area contributed by atoms with Crippen LogP contribution in [0.1, 0.15) is 43.3 Å². The highest BCUT2D eigenvalue weighted by Gasteiger charge is 2.33. The summed E-state index contributed by atoms with van der Waals surface area (Å²) in [7, 11) is 0. The van der Waals surface area contributed by atoms with Gasteiger partial charge in [0.05, 0.1) is 15.3 Å². The largest absolute Gasteiger partial charge is 0.396 e. The topological polar surface area (TPSA) is 38.0 Å². The van der Waals surface area contributed by atoms with Gasteiger partial charge in [0.15, 0.2) is 0 Å². The second-order valence-electron chi connectivity index (χ2n) is 4.79. The van der Waals surface area contributed by atoms with E-state index in [1.807, 2.05) is 0 Å². The molecule has 0 aromatic carbocycles. The lowest BCUT2D eigenvalue weighted by molar-refractivity contribution is 0.105. The van der Waals surface area contributed by atoms with Crippen LogP contribution >= 0.6 is 22.6 Å². The number of aromatic nitrogens is 2. The first kappa shape index (κ1) is 10.1. The number of aliphatic hydroxyl groups excluding tert-OH is 1. The maximum atomic E-state index is 8.98. The Balaban J connectivity index is 1.73. The molecule has 0 atom stereocenters. The van der Waals surface area contributed by atoms with Crippen LogP contribution < -0.4 is 0 Å². The van der Waals surface area contributed by atoms with E-state index in [-0.39, 0.29) is 0 Å². The molecule has 2 aliphatic carbocycles. The lowest BCUT2D eigenvalue weighted by Crippen LogP contribution is -2.29. The molecule has 3 rings (SSSR count). The van der Waals surface area contributed by atoms with Gasteiger partial charge in [0.25, 0.3) is 0 Å². The van der Waals surface area contributed by atoms with E-state index >= 15 is 0 Å². The molecule has 0 saturated heterocycles. The van der Waals surface area contributed by atoms with Gasteiger partial charge in [-0.15, -0.1) is 0 Å². The third-order valence-corrected chi connectivity index (χ3v) is 4.35. The number of halogens is 1.